The summed E-state index contributed by atoms with van der Waals surface area (Å²) in [6.45, 7) is 11.5. The Morgan fingerprint density at radius 3 is 2.62 bits per heavy atom. The van der Waals surface area contributed by atoms with Gasteiger partial charge in [0.05, 0.1) is 6.61 Å². The van der Waals surface area contributed by atoms with Crippen LogP contribution in [0.4, 0.5) is 0 Å². The van der Waals surface area contributed by atoms with Crippen LogP contribution in [-0.4, -0.2) is 52.5 Å². The van der Waals surface area contributed by atoms with Gasteiger partial charge in [-0.05, 0) is 75.3 Å². The molecule has 1 heterocycles. The number of rotatable bonds is 7. The first-order valence-corrected chi connectivity index (χ1v) is 12.3. The summed E-state index contributed by atoms with van der Waals surface area (Å²) in [5, 5.41) is 31.6. The number of esters is 1. The molecular formula is C27H40O7. The van der Waals surface area contributed by atoms with E-state index in [0.717, 1.165) is 36.8 Å². The fourth-order valence-electron chi connectivity index (χ4n) is 5.25. The Bertz CT molecular complexity index is 905. The van der Waals surface area contributed by atoms with Crippen molar-refractivity contribution in [2.24, 2.45) is 5.92 Å². The predicted octanol–water partition coefficient (Wildman–Crippen LogP) is 4.45. The van der Waals surface area contributed by atoms with Crippen LogP contribution >= 0.6 is 0 Å². The molecule has 0 radical (unpaired) electrons. The minimum absolute atomic E-state index is 0.0782. The fraction of sp³-hybridized carbons (Fsp3) is 0.667. The first-order valence-electron chi connectivity index (χ1n) is 12.3. The van der Waals surface area contributed by atoms with Gasteiger partial charge in [-0.3, -0.25) is 4.79 Å². The number of ether oxygens (including phenoxy) is 3. The SMILES string of the molecule is CC(=O)OC1C(Oc2c(C)cc3c(c2O)[C@@H](C)CC[C@@H]3[C@@H](C)CCC=C(C)C)OCC(O)C1O. The summed E-state index contributed by atoms with van der Waals surface area (Å²) in [6, 6.07) is 2.09. The standard InChI is InChI=1S/C27H40O7/c1-14(2)8-7-9-15(3)19-11-10-16(4)22-20(19)12-17(5)25(24(22)31)34-27-26(33-18(6)28)23(30)21(29)13-32-27/h8,12,15-16,19,21,23,26-27,29-31H,7,9-11,13H2,1-6H3/t15-,16-,19+,21?,23?,26?,27?/m0/s1. The van der Waals surface area contributed by atoms with Crippen molar-refractivity contribution in [2.45, 2.75) is 104 Å². The van der Waals surface area contributed by atoms with Crippen LogP contribution in [0.5, 0.6) is 11.5 Å². The number of phenolic OH excluding ortho intramolecular Hbond substituents is 1. The van der Waals surface area contributed by atoms with Crippen LogP contribution < -0.4 is 4.74 Å². The van der Waals surface area contributed by atoms with Crippen LogP contribution in [0.25, 0.3) is 0 Å². The van der Waals surface area contributed by atoms with Gasteiger partial charge in [0.25, 0.3) is 0 Å². The first-order chi connectivity index (χ1) is 16.0. The van der Waals surface area contributed by atoms with Gasteiger partial charge in [-0.15, -0.1) is 0 Å². The largest absolute Gasteiger partial charge is 0.504 e. The van der Waals surface area contributed by atoms with Crippen LogP contribution in [0.3, 0.4) is 0 Å². The van der Waals surface area contributed by atoms with Gasteiger partial charge in [0.1, 0.15) is 12.2 Å². The molecule has 34 heavy (non-hydrogen) atoms. The molecule has 0 bridgehead atoms. The van der Waals surface area contributed by atoms with E-state index >= 15 is 0 Å². The second-order valence-corrected chi connectivity index (χ2v) is 10.2. The third-order valence-electron chi connectivity index (χ3n) is 7.14. The van der Waals surface area contributed by atoms with Gasteiger partial charge in [-0.2, -0.15) is 0 Å². The molecule has 0 aromatic heterocycles. The van der Waals surface area contributed by atoms with Crippen molar-refractivity contribution in [3.63, 3.8) is 0 Å². The lowest BCUT2D eigenvalue weighted by atomic mass is 9.70. The highest BCUT2D eigenvalue weighted by Crippen LogP contribution is 2.51. The van der Waals surface area contributed by atoms with Crippen molar-refractivity contribution in [2.75, 3.05) is 6.61 Å². The molecule has 1 fully saturated rings. The van der Waals surface area contributed by atoms with Crippen LogP contribution in [0, 0.1) is 12.8 Å². The number of hydrogen-bond acceptors (Lipinski definition) is 7. The number of hydrogen-bond donors (Lipinski definition) is 3. The number of aliphatic hydroxyl groups excluding tert-OH is 2. The normalized spacial score (nSPS) is 29.6. The quantitative estimate of drug-likeness (QED) is 0.394. The molecule has 7 nitrogen and oxygen atoms in total. The Morgan fingerprint density at radius 2 is 1.97 bits per heavy atom. The lowest BCUT2D eigenvalue weighted by molar-refractivity contribution is -0.250. The summed E-state index contributed by atoms with van der Waals surface area (Å²) in [7, 11) is 0. The van der Waals surface area contributed by atoms with Crippen molar-refractivity contribution in [1.82, 2.24) is 0 Å². The summed E-state index contributed by atoms with van der Waals surface area (Å²) in [4.78, 5) is 11.6. The van der Waals surface area contributed by atoms with Gasteiger partial charge in [0.2, 0.25) is 6.29 Å². The molecule has 1 aliphatic carbocycles. The van der Waals surface area contributed by atoms with E-state index in [1.54, 1.807) is 0 Å². The lowest BCUT2D eigenvalue weighted by Crippen LogP contribution is -2.56. The number of aromatic hydroxyl groups is 1. The zero-order valence-corrected chi connectivity index (χ0v) is 21.2. The Kier molecular flexibility index (Phi) is 8.66. The molecule has 7 atom stereocenters. The van der Waals surface area contributed by atoms with Crippen molar-refractivity contribution in [1.29, 1.82) is 0 Å². The second-order valence-electron chi connectivity index (χ2n) is 10.2. The first kappa shape index (κ1) is 26.5. The van der Waals surface area contributed by atoms with E-state index in [-0.39, 0.29) is 24.0 Å². The van der Waals surface area contributed by atoms with E-state index in [4.69, 9.17) is 14.2 Å². The molecule has 3 N–H and O–H groups in total. The van der Waals surface area contributed by atoms with Crippen LogP contribution in [0.2, 0.25) is 0 Å². The maximum atomic E-state index is 11.6. The number of carbonyl (C=O) groups is 1. The number of fused-ring (bicyclic) bond motifs is 1. The van der Waals surface area contributed by atoms with Crippen molar-refractivity contribution >= 4 is 5.97 Å². The summed E-state index contributed by atoms with van der Waals surface area (Å²) in [5.74, 6) is 0.707. The van der Waals surface area contributed by atoms with Gasteiger partial charge in [0, 0.05) is 12.5 Å². The third-order valence-corrected chi connectivity index (χ3v) is 7.14. The van der Waals surface area contributed by atoms with E-state index in [1.807, 2.05) is 6.92 Å². The Labute approximate surface area is 202 Å². The summed E-state index contributed by atoms with van der Waals surface area (Å²) < 4.78 is 16.8. The van der Waals surface area contributed by atoms with Gasteiger partial charge >= 0.3 is 5.97 Å². The van der Waals surface area contributed by atoms with E-state index in [9.17, 15) is 20.1 Å². The molecule has 0 spiro atoms. The summed E-state index contributed by atoms with van der Waals surface area (Å²) >= 11 is 0. The Morgan fingerprint density at radius 1 is 1.26 bits per heavy atom. The highest BCUT2D eigenvalue weighted by Gasteiger charge is 2.43. The molecule has 190 valence electrons. The average molecular weight is 477 g/mol. The number of benzene rings is 1. The second kappa shape index (κ2) is 11.1. The Balaban J connectivity index is 1.90. The van der Waals surface area contributed by atoms with Gasteiger partial charge in [0.15, 0.2) is 17.6 Å². The molecule has 0 amide bonds. The number of carbonyl (C=O) groups excluding carboxylic acids is 1. The molecule has 2 aliphatic rings. The average Bonchev–Trinajstić information content (AvgIpc) is 2.75. The number of aryl methyl sites for hydroxylation is 1. The molecule has 1 aliphatic heterocycles. The van der Waals surface area contributed by atoms with Crippen LogP contribution in [0.1, 0.15) is 88.8 Å². The molecule has 0 saturated carbocycles. The van der Waals surface area contributed by atoms with E-state index < -0.39 is 30.6 Å². The zero-order valence-electron chi connectivity index (χ0n) is 21.2. The van der Waals surface area contributed by atoms with E-state index in [1.165, 1.54) is 18.1 Å². The summed E-state index contributed by atoms with van der Waals surface area (Å²) in [5.41, 5.74) is 4.14. The molecule has 3 rings (SSSR count). The lowest BCUT2D eigenvalue weighted by Gasteiger charge is -2.38. The van der Waals surface area contributed by atoms with Crippen molar-refractivity contribution in [3.05, 3.63) is 34.4 Å². The number of phenols is 1. The zero-order chi connectivity index (χ0) is 25.2. The van der Waals surface area contributed by atoms with Gasteiger partial charge in [-0.25, -0.2) is 0 Å². The number of allylic oxidation sites excluding steroid dienone is 2. The third kappa shape index (κ3) is 5.75. The molecule has 7 heteroatoms. The summed E-state index contributed by atoms with van der Waals surface area (Å²) in [6.07, 6.45) is 1.54. The van der Waals surface area contributed by atoms with E-state index in [2.05, 4.69) is 39.8 Å². The molecule has 1 saturated heterocycles. The monoisotopic (exact) mass is 476 g/mol. The maximum Gasteiger partial charge on any atom is 0.303 e. The van der Waals surface area contributed by atoms with Crippen LogP contribution in [-0.2, 0) is 14.3 Å². The molecule has 4 unspecified atom stereocenters. The highest BCUT2D eigenvalue weighted by molar-refractivity contribution is 5.66. The minimum atomic E-state index is -1.35. The van der Waals surface area contributed by atoms with Crippen LogP contribution in [0.15, 0.2) is 17.7 Å². The topological polar surface area (TPSA) is 105 Å². The fourth-order valence-corrected chi connectivity index (χ4v) is 5.25. The molecule has 1 aromatic rings. The molecule has 1 aromatic carbocycles. The van der Waals surface area contributed by atoms with E-state index in [0.29, 0.717) is 11.8 Å². The van der Waals surface area contributed by atoms with Gasteiger partial charge < -0.3 is 29.5 Å². The smallest absolute Gasteiger partial charge is 0.303 e. The highest BCUT2D eigenvalue weighted by atomic mass is 16.7. The molecular weight excluding hydrogens is 436 g/mol. The predicted molar refractivity (Wildman–Crippen MR) is 129 cm³/mol. The van der Waals surface area contributed by atoms with Crippen molar-refractivity contribution < 1.29 is 34.3 Å². The Hall–Kier alpha value is -2.09. The maximum absolute atomic E-state index is 11.6. The minimum Gasteiger partial charge on any atom is -0.504 e. The van der Waals surface area contributed by atoms with Gasteiger partial charge in [-0.1, -0.05) is 31.6 Å². The van der Waals surface area contributed by atoms with Crippen molar-refractivity contribution in [3.8, 4) is 11.5 Å². The number of aliphatic hydroxyl groups is 2.